The van der Waals surface area contributed by atoms with Crippen LogP contribution < -0.4 is 10.9 Å². The van der Waals surface area contributed by atoms with Crippen LogP contribution in [-0.2, 0) is 9.59 Å². The summed E-state index contributed by atoms with van der Waals surface area (Å²) < 4.78 is 1.29. The normalized spacial score (nSPS) is 12.3. The summed E-state index contributed by atoms with van der Waals surface area (Å²) in [5, 5.41) is 11.7. The third kappa shape index (κ3) is 3.51. The van der Waals surface area contributed by atoms with Gasteiger partial charge in [0.05, 0.1) is 11.7 Å². The number of carbonyl (C=O) groups is 2. The Morgan fingerprint density at radius 3 is 2.91 bits per heavy atom. The molecule has 118 valence electrons. The monoisotopic (exact) mass is 323 g/mol. The largest absolute Gasteiger partial charge is 0.481 e. The lowest BCUT2D eigenvalue weighted by molar-refractivity contribution is -0.137. The molecule has 0 saturated heterocycles. The van der Waals surface area contributed by atoms with Crippen molar-refractivity contribution in [1.82, 2.24) is 14.9 Å². The van der Waals surface area contributed by atoms with Gasteiger partial charge in [-0.15, -0.1) is 11.3 Å². The van der Waals surface area contributed by atoms with E-state index in [9.17, 15) is 14.4 Å². The minimum Gasteiger partial charge on any atom is -0.481 e. The fraction of sp³-hybridized carbons (Fsp3) is 0.429. The predicted octanol–water partition coefficient (Wildman–Crippen LogP) is 1.31. The molecule has 0 aliphatic heterocycles. The number of amides is 1. The summed E-state index contributed by atoms with van der Waals surface area (Å²) in [5.41, 5.74) is -0.248. The number of hydrogen-bond donors (Lipinski definition) is 2. The summed E-state index contributed by atoms with van der Waals surface area (Å²) >= 11 is 1.43. The molecule has 0 bridgehead atoms. The zero-order valence-electron chi connectivity index (χ0n) is 12.3. The number of thiophene rings is 1. The quantitative estimate of drug-likeness (QED) is 0.781. The van der Waals surface area contributed by atoms with Gasteiger partial charge in [-0.1, -0.05) is 0 Å². The van der Waals surface area contributed by atoms with E-state index in [4.69, 9.17) is 5.11 Å². The van der Waals surface area contributed by atoms with Gasteiger partial charge >= 0.3 is 5.97 Å². The Morgan fingerprint density at radius 1 is 1.50 bits per heavy atom. The first-order valence-electron chi connectivity index (χ1n) is 6.87. The van der Waals surface area contributed by atoms with Gasteiger partial charge in [0, 0.05) is 17.8 Å². The first-order valence-corrected chi connectivity index (χ1v) is 7.68. The highest BCUT2D eigenvalue weighted by Crippen LogP contribution is 2.20. The van der Waals surface area contributed by atoms with Crippen LogP contribution in [-0.4, -0.2) is 33.1 Å². The van der Waals surface area contributed by atoms with E-state index in [1.165, 1.54) is 22.2 Å². The third-order valence-corrected chi connectivity index (χ3v) is 4.22. The smallest absolute Gasteiger partial charge is 0.303 e. The topological polar surface area (TPSA) is 101 Å². The van der Waals surface area contributed by atoms with Crippen molar-refractivity contribution in [1.29, 1.82) is 0 Å². The molecule has 7 nitrogen and oxygen atoms in total. The molecule has 22 heavy (non-hydrogen) atoms. The Balaban J connectivity index is 2.10. The molecule has 2 rings (SSSR count). The summed E-state index contributed by atoms with van der Waals surface area (Å²) in [6, 6.07) is 1.07. The number of aliphatic carboxylic acids is 1. The molecular formula is C14H17N3O4S. The van der Waals surface area contributed by atoms with E-state index >= 15 is 0 Å². The molecule has 0 aliphatic rings. The molecule has 1 unspecified atom stereocenters. The zero-order chi connectivity index (χ0) is 16.3. The van der Waals surface area contributed by atoms with Crippen LogP contribution in [0, 0.1) is 6.92 Å². The lowest BCUT2D eigenvalue weighted by Crippen LogP contribution is -2.36. The van der Waals surface area contributed by atoms with E-state index in [1.807, 2.05) is 6.92 Å². The second-order valence-corrected chi connectivity index (χ2v) is 6.23. The molecule has 0 radical (unpaired) electrons. The number of hydrogen-bond acceptors (Lipinski definition) is 5. The first kappa shape index (κ1) is 16.2. The maximum absolute atomic E-state index is 12.4. The van der Waals surface area contributed by atoms with Crippen LogP contribution in [0.4, 0.5) is 0 Å². The van der Waals surface area contributed by atoms with E-state index in [0.29, 0.717) is 16.6 Å². The second kappa shape index (κ2) is 6.69. The van der Waals surface area contributed by atoms with E-state index < -0.39 is 12.0 Å². The SMILES string of the molecule is Cc1cc2c(=O)n(C(C)C(=O)NCCCC(=O)O)cnc2s1. The lowest BCUT2D eigenvalue weighted by atomic mass is 10.2. The van der Waals surface area contributed by atoms with Crippen molar-refractivity contribution < 1.29 is 14.7 Å². The van der Waals surface area contributed by atoms with Crippen LogP contribution in [0.5, 0.6) is 0 Å². The number of fused-ring (bicyclic) bond motifs is 1. The highest BCUT2D eigenvalue weighted by atomic mass is 32.1. The molecule has 1 atom stereocenters. The fourth-order valence-electron chi connectivity index (χ4n) is 2.06. The molecule has 0 fully saturated rings. The van der Waals surface area contributed by atoms with E-state index in [-0.39, 0.29) is 24.4 Å². The third-order valence-electron chi connectivity index (χ3n) is 3.26. The molecule has 2 aromatic heterocycles. The first-order chi connectivity index (χ1) is 10.4. The number of nitrogens with one attached hydrogen (secondary N) is 1. The van der Waals surface area contributed by atoms with Gasteiger partial charge in [-0.3, -0.25) is 19.0 Å². The number of aromatic nitrogens is 2. The molecule has 8 heteroatoms. The minimum absolute atomic E-state index is 0.00367. The van der Waals surface area contributed by atoms with E-state index in [2.05, 4.69) is 10.3 Å². The van der Waals surface area contributed by atoms with Crippen LogP contribution in [0.15, 0.2) is 17.2 Å². The number of nitrogens with zero attached hydrogens (tertiary/aromatic N) is 2. The van der Waals surface area contributed by atoms with Gasteiger partial charge in [0.25, 0.3) is 5.56 Å². The molecule has 0 saturated carbocycles. The van der Waals surface area contributed by atoms with Crippen molar-refractivity contribution in [2.75, 3.05) is 6.54 Å². The standard InChI is InChI=1S/C14H17N3O4S/c1-8-6-10-13(22-8)16-7-17(14(10)21)9(2)12(20)15-5-3-4-11(18)19/h6-7,9H,3-5H2,1-2H3,(H,15,20)(H,18,19). The van der Waals surface area contributed by atoms with E-state index in [0.717, 1.165) is 4.88 Å². The Kier molecular flexibility index (Phi) is 4.92. The molecule has 0 aromatic carbocycles. The Morgan fingerprint density at radius 2 is 2.23 bits per heavy atom. The summed E-state index contributed by atoms with van der Waals surface area (Å²) in [4.78, 5) is 40.7. The maximum atomic E-state index is 12.4. The van der Waals surface area contributed by atoms with Gasteiger partial charge in [0.2, 0.25) is 5.91 Å². The molecule has 2 heterocycles. The average Bonchev–Trinajstić information content (AvgIpc) is 2.84. The van der Waals surface area contributed by atoms with Crippen molar-refractivity contribution in [2.24, 2.45) is 0 Å². The fourth-order valence-corrected chi connectivity index (χ4v) is 2.90. The molecular weight excluding hydrogens is 306 g/mol. The second-order valence-electron chi connectivity index (χ2n) is 5.00. The molecule has 0 aliphatic carbocycles. The maximum Gasteiger partial charge on any atom is 0.303 e. The number of carbonyl (C=O) groups excluding carboxylic acids is 1. The summed E-state index contributed by atoms with van der Waals surface area (Å²) in [6.07, 6.45) is 1.72. The van der Waals surface area contributed by atoms with Crippen LogP contribution in [0.2, 0.25) is 0 Å². The van der Waals surface area contributed by atoms with Gasteiger partial charge in [0.15, 0.2) is 0 Å². The Labute approximate surface area is 130 Å². The van der Waals surface area contributed by atoms with Crippen molar-refractivity contribution in [3.63, 3.8) is 0 Å². The number of carboxylic acids is 1. The Bertz CT molecular complexity index is 765. The van der Waals surface area contributed by atoms with Gasteiger partial charge in [-0.2, -0.15) is 0 Å². The Hall–Kier alpha value is -2.22. The summed E-state index contributed by atoms with van der Waals surface area (Å²) in [7, 11) is 0. The molecule has 1 amide bonds. The van der Waals surface area contributed by atoms with Crippen LogP contribution in [0.1, 0.15) is 30.7 Å². The van der Waals surface area contributed by atoms with Crippen LogP contribution in [0.25, 0.3) is 10.2 Å². The summed E-state index contributed by atoms with van der Waals surface area (Å²) in [5.74, 6) is -1.23. The zero-order valence-corrected chi connectivity index (χ0v) is 13.1. The van der Waals surface area contributed by atoms with Gasteiger partial charge in [0.1, 0.15) is 10.9 Å². The average molecular weight is 323 g/mol. The summed E-state index contributed by atoms with van der Waals surface area (Å²) in [6.45, 7) is 3.77. The highest BCUT2D eigenvalue weighted by molar-refractivity contribution is 7.18. The predicted molar refractivity (Wildman–Crippen MR) is 83.2 cm³/mol. The molecule has 0 spiro atoms. The number of rotatable bonds is 6. The van der Waals surface area contributed by atoms with Crippen LogP contribution in [0.3, 0.4) is 0 Å². The van der Waals surface area contributed by atoms with Crippen molar-refractivity contribution >= 4 is 33.4 Å². The van der Waals surface area contributed by atoms with Crippen LogP contribution >= 0.6 is 11.3 Å². The van der Waals surface area contributed by atoms with Gasteiger partial charge < -0.3 is 10.4 Å². The van der Waals surface area contributed by atoms with Gasteiger partial charge in [-0.25, -0.2) is 4.98 Å². The molecule has 2 aromatic rings. The van der Waals surface area contributed by atoms with Gasteiger partial charge in [-0.05, 0) is 26.3 Å². The minimum atomic E-state index is -0.902. The number of carboxylic acid groups (broad SMARTS) is 1. The number of aryl methyl sites for hydroxylation is 1. The van der Waals surface area contributed by atoms with Crippen molar-refractivity contribution in [3.05, 3.63) is 27.6 Å². The van der Waals surface area contributed by atoms with E-state index in [1.54, 1.807) is 13.0 Å². The highest BCUT2D eigenvalue weighted by Gasteiger charge is 2.18. The van der Waals surface area contributed by atoms with Crippen molar-refractivity contribution in [3.8, 4) is 0 Å². The van der Waals surface area contributed by atoms with Crippen molar-refractivity contribution in [2.45, 2.75) is 32.7 Å². The molecule has 2 N–H and O–H groups in total. The lowest BCUT2D eigenvalue weighted by Gasteiger charge is -2.14.